The molecular formula is C13H14F2N2O2S. The first kappa shape index (κ1) is 14.6. The lowest BCUT2D eigenvalue weighted by Gasteiger charge is -2.39. The quantitative estimate of drug-likeness (QED) is 0.821. The fourth-order valence-corrected chi connectivity index (χ4v) is 2.38. The van der Waals surface area contributed by atoms with Gasteiger partial charge in [0.1, 0.15) is 5.75 Å². The van der Waals surface area contributed by atoms with Crippen molar-refractivity contribution in [2.75, 3.05) is 5.32 Å². The van der Waals surface area contributed by atoms with Gasteiger partial charge in [-0.1, -0.05) is 18.6 Å². The van der Waals surface area contributed by atoms with Gasteiger partial charge in [-0.25, -0.2) is 0 Å². The van der Waals surface area contributed by atoms with Gasteiger partial charge in [-0.2, -0.15) is 8.78 Å². The number of carbonyl (C=O) groups excluding carboxylic acids is 1. The molecular weight excluding hydrogens is 286 g/mol. The summed E-state index contributed by atoms with van der Waals surface area (Å²) < 4.78 is 28.2. The van der Waals surface area contributed by atoms with Gasteiger partial charge in [-0.3, -0.25) is 4.79 Å². The zero-order chi connectivity index (χ0) is 14.8. The van der Waals surface area contributed by atoms with Crippen LogP contribution >= 0.6 is 12.2 Å². The van der Waals surface area contributed by atoms with E-state index in [1.54, 1.807) is 0 Å². The number of anilines is 1. The third-order valence-electron chi connectivity index (χ3n) is 3.45. The molecule has 0 atom stereocenters. The van der Waals surface area contributed by atoms with Gasteiger partial charge in [0.05, 0.1) is 10.4 Å². The van der Waals surface area contributed by atoms with Crippen molar-refractivity contribution in [3.63, 3.8) is 0 Å². The molecule has 0 aromatic heterocycles. The Hall–Kier alpha value is -1.76. The lowest BCUT2D eigenvalue weighted by Crippen LogP contribution is -2.50. The monoisotopic (exact) mass is 300 g/mol. The molecule has 0 saturated heterocycles. The van der Waals surface area contributed by atoms with Crippen LogP contribution in [-0.2, 0) is 4.79 Å². The molecule has 4 nitrogen and oxygen atoms in total. The minimum atomic E-state index is -2.87. The second kappa shape index (κ2) is 5.70. The third-order valence-corrected chi connectivity index (χ3v) is 3.84. The summed E-state index contributed by atoms with van der Waals surface area (Å²) >= 11 is 4.96. The maximum atomic E-state index is 12.2. The maximum absolute atomic E-state index is 12.2. The van der Waals surface area contributed by atoms with Crippen LogP contribution in [0.5, 0.6) is 5.75 Å². The predicted octanol–water partition coefficient (Wildman–Crippen LogP) is 2.68. The third kappa shape index (κ3) is 2.87. The van der Waals surface area contributed by atoms with Gasteiger partial charge >= 0.3 is 6.61 Å². The number of hydrogen-bond acceptors (Lipinski definition) is 3. The van der Waals surface area contributed by atoms with Crippen molar-refractivity contribution < 1.29 is 18.3 Å². The molecule has 1 amide bonds. The molecule has 1 aliphatic carbocycles. The minimum Gasteiger partial charge on any atom is -0.435 e. The van der Waals surface area contributed by atoms with Crippen LogP contribution in [0.2, 0.25) is 0 Å². The van der Waals surface area contributed by atoms with E-state index in [4.69, 9.17) is 18.0 Å². The normalized spacial score (nSPS) is 16.4. The Morgan fingerprint density at radius 3 is 2.35 bits per heavy atom. The van der Waals surface area contributed by atoms with E-state index in [2.05, 4.69) is 10.1 Å². The van der Waals surface area contributed by atoms with Gasteiger partial charge in [-0.15, -0.1) is 0 Å². The van der Waals surface area contributed by atoms with E-state index in [-0.39, 0.29) is 16.6 Å². The van der Waals surface area contributed by atoms with Gasteiger partial charge in [0.2, 0.25) is 5.91 Å². The molecule has 1 aromatic rings. The highest BCUT2D eigenvalue weighted by atomic mass is 32.1. The average molecular weight is 300 g/mol. The Morgan fingerprint density at radius 2 is 1.95 bits per heavy atom. The van der Waals surface area contributed by atoms with Crippen LogP contribution in [0.25, 0.3) is 0 Å². The standard InChI is InChI=1S/C13H14F2N2O2S/c14-12(15)19-9-4-2-8(3-5-9)17-11(18)13(10(16)20)6-1-7-13/h2-5,12H,1,6-7H2,(H2,16,20)(H,17,18). The molecule has 7 heteroatoms. The highest BCUT2D eigenvalue weighted by Crippen LogP contribution is 2.42. The Kier molecular flexibility index (Phi) is 4.17. The van der Waals surface area contributed by atoms with Crippen LogP contribution in [0, 0.1) is 5.41 Å². The maximum Gasteiger partial charge on any atom is 0.387 e. The molecule has 0 aliphatic heterocycles. The fraction of sp³-hybridized carbons (Fsp3) is 0.385. The minimum absolute atomic E-state index is 0.0331. The van der Waals surface area contributed by atoms with Crippen LogP contribution in [0.1, 0.15) is 19.3 Å². The Bertz CT molecular complexity index is 516. The summed E-state index contributed by atoms with van der Waals surface area (Å²) in [6.07, 6.45) is 2.19. The van der Waals surface area contributed by atoms with Crippen molar-refractivity contribution in [2.24, 2.45) is 11.1 Å². The van der Waals surface area contributed by atoms with Gasteiger partial charge in [0.25, 0.3) is 0 Å². The summed E-state index contributed by atoms with van der Waals surface area (Å²) in [4.78, 5) is 12.4. The molecule has 0 unspecified atom stereocenters. The number of amides is 1. The lowest BCUT2D eigenvalue weighted by molar-refractivity contribution is -0.125. The molecule has 2 rings (SSSR count). The van der Waals surface area contributed by atoms with Crippen molar-refractivity contribution >= 4 is 28.8 Å². The van der Waals surface area contributed by atoms with E-state index >= 15 is 0 Å². The molecule has 0 spiro atoms. The summed E-state index contributed by atoms with van der Waals surface area (Å²) in [7, 11) is 0. The molecule has 1 saturated carbocycles. The Morgan fingerprint density at radius 1 is 1.35 bits per heavy atom. The number of nitrogens with two attached hydrogens (primary N) is 1. The lowest BCUT2D eigenvalue weighted by atomic mass is 9.68. The zero-order valence-corrected chi connectivity index (χ0v) is 11.4. The number of nitrogens with one attached hydrogen (secondary N) is 1. The number of hydrogen-bond donors (Lipinski definition) is 2. The van der Waals surface area contributed by atoms with E-state index in [0.29, 0.717) is 18.5 Å². The number of alkyl halides is 2. The van der Waals surface area contributed by atoms with Gasteiger partial charge in [0.15, 0.2) is 0 Å². The Balaban J connectivity index is 2.03. The molecule has 1 fully saturated rings. The first-order valence-electron chi connectivity index (χ1n) is 6.10. The molecule has 0 bridgehead atoms. The van der Waals surface area contributed by atoms with Crippen LogP contribution in [0.15, 0.2) is 24.3 Å². The van der Waals surface area contributed by atoms with E-state index in [0.717, 1.165) is 6.42 Å². The first-order chi connectivity index (χ1) is 9.44. The Labute approximate surface area is 120 Å². The highest BCUT2D eigenvalue weighted by Gasteiger charge is 2.46. The van der Waals surface area contributed by atoms with Crippen LogP contribution in [0.4, 0.5) is 14.5 Å². The van der Waals surface area contributed by atoms with E-state index in [1.165, 1.54) is 24.3 Å². The van der Waals surface area contributed by atoms with Gasteiger partial charge in [-0.05, 0) is 37.1 Å². The second-order valence-electron chi connectivity index (χ2n) is 4.66. The van der Waals surface area contributed by atoms with E-state index < -0.39 is 12.0 Å². The van der Waals surface area contributed by atoms with E-state index in [9.17, 15) is 13.6 Å². The summed E-state index contributed by atoms with van der Waals surface area (Å²) in [6.45, 7) is -2.87. The summed E-state index contributed by atoms with van der Waals surface area (Å²) in [5.41, 5.74) is 5.35. The second-order valence-corrected chi connectivity index (χ2v) is 5.10. The topological polar surface area (TPSA) is 64.4 Å². The summed E-state index contributed by atoms with van der Waals surface area (Å²) in [5.74, 6) is -0.218. The molecule has 1 aliphatic rings. The number of halogens is 2. The SMILES string of the molecule is NC(=S)C1(C(=O)Nc2ccc(OC(F)F)cc2)CCC1. The molecule has 1 aromatic carbocycles. The van der Waals surface area contributed by atoms with Gasteiger partial charge < -0.3 is 15.8 Å². The molecule has 0 radical (unpaired) electrons. The number of rotatable bonds is 5. The average Bonchev–Trinajstić information content (AvgIpc) is 2.28. The molecule has 20 heavy (non-hydrogen) atoms. The van der Waals surface area contributed by atoms with Gasteiger partial charge in [0, 0.05) is 5.69 Å². The summed E-state index contributed by atoms with van der Waals surface area (Å²) in [6, 6.07) is 5.69. The molecule has 0 heterocycles. The van der Waals surface area contributed by atoms with Crippen LogP contribution in [-0.4, -0.2) is 17.5 Å². The van der Waals surface area contributed by atoms with Crippen LogP contribution in [0.3, 0.4) is 0 Å². The van der Waals surface area contributed by atoms with Crippen LogP contribution < -0.4 is 15.8 Å². The molecule has 3 N–H and O–H groups in total. The summed E-state index contributed by atoms with van der Waals surface area (Å²) in [5, 5.41) is 2.70. The van der Waals surface area contributed by atoms with Crippen molar-refractivity contribution in [3.8, 4) is 5.75 Å². The zero-order valence-electron chi connectivity index (χ0n) is 10.6. The van der Waals surface area contributed by atoms with Crippen molar-refractivity contribution in [3.05, 3.63) is 24.3 Å². The van der Waals surface area contributed by atoms with Crippen molar-refractivity contribution in [2.45, 2.75) is 25.9 Å². The number of ether oxygens (including phenoxy) is 1. The number of benzene rings is 1. The highest BCUT2D eigenvalue weighted by molar-refractivity contribution is 7.80. The van der Waals surface area contributed by atoms with E-state index in [1.807, 2.05) is 0 Å². The van der Waals surface area contributed by atoms with Crippen molar-refractivity contribution in [1.82, 2.24) is 0 Å². The largest absolute Gasteiger partial charge is 0.435 e. The number of carbonyl (C=O) groups is 1. The first-order valence-corrected chi connectivity index (χ1v) is 6.51. The molecule has 108 valence electrons. The van der Waals surface area contributed by atoms with Crippen molar-refractivity contribution in [1.29, 1.82) is 0 Å². The number of thiocarbonyl (C=S) groups is 1. The predicted molar refractivity (Wildman–Crippen MR) is 74.8 cm³/mol. The smallest absolute Gasteiger partial charge is 0.387 e. The fourth-order valence-electron chi connectivity index (χ4n) is 2.09.